The molecule has 0 N–H and O–H groups in total. The number of anilines is 1. The number of nitrogens with zero attached hydrogens (tertiary/aromatic N) is 3. The van der Waals surface area contributed by atoms with Crippen molar-refractivity contribution in [2.24, 2.45) is 5.92 Å². The molecule has 0 amide bonds. The van der Waals surface area contributed by atoms with Gasteiger partial charge in [0, 0.05) is 18.8 Å². The molecule has 102 valence electrons. The first kappa shape index (κ1) is 13.9. The summed E-state index contributed by atoms with van der Waals surface area (Å²) in [7, 11) is 0. The lowest BCUT2D eigenvalue weighted by atomic mass is 9.94. The number of hydrogen-bond donors (Lipinski definition) is 0. The maximum Gasteiger partial charge on any atom is 0.146 e. The molecule has 2 heterocycles. The van der Waals surface area contributed by atoms with Gasteiger partial charge in [0.25, 0.3) is 0 Å². The van der Waals surface area contributed by atoms with E-state index in [1.807, 2.05) is 12.1 Å². The van der Waals surface area contributed by atoms with Gasteiger partial charge in [-0.1, -0.05) is 13.8 Å². The minimum Gasteiger partial charge on any atom is -0.353 e. The van der Waals surface area contributed by atoms with Gasteiger partial charge >= 0.3 is 0 Å². The van der Waals surface area contributed by atoms with Gasteiger partial charge in [0.1, 0.15) is 11.9 Å². The van der Waals surface area contributed by atoms with Crippen molar-refractivity contribution < 1.29 is 0 Å². The quantitative estimate of drug-likeness (QED) is 0.824. The van der Waals surface area contributed by atoms with E-state index in [1.54, 1.807) is 6.20 Å². The third-order valence-corrected chi connectivity index (χ3v) is 3.88. The van der Waals surface area contributed by atoms with Gasteiger partial charge in [0.05, 0.1) is 5.56 Å². The summed E-state index contributed by atoms with van der Waals surface area (Å²) in [6.45, 7) is 5.58. The number of hydrogen-bond acceptors (Lipinski definition) is 3. The van der Waals surface area contributed by atoms with Gasteiger partial charge in [0.15, 0.2) is 0 Å². The summed E-state index contributed by atoms with van der Waals surface area (Å²) in [6, 6.07) is 6.54. The average molecular weight is 257 g/mol. The lowest BCUT2D eigenvalue weighted by Gasteiger charge is -2.37. The Kier molecular flexibility index (Phi) is 4.79. The second-order valence-corrected chi connectivity index (χ2v) is 5.80. The Hall–Kier alpha value is -1.56. The van der Waals surface area contributed by atoms with Crippen molar-refractivity contribution in [3.05, 3.63) is 23.9 Å². The minimum atomic E-state index is 0.554. The highest BCUT2D eigenvalue weighted by Gasteiger charge is 2.25. The lowest BCUT2D eigenvalue weighted by Crippen LogP contribution is -2.40. The van der Waals surface area contributed by atoms with E-state index in [-0.39, 0.29) is 0 Å². The van der Waals surface area contributed by atoms with Crippen molar-refractivity contribution in [3.8, 4) is 6.07 Å². The summed E-state index contributed by atoms with van der Waals surface area (Å²) in [5, 5.41) is 9.24. The van der Waals surface area contributed by atoms with Crippen LogP contribution in [-0.2, 0) is 0 Å². The van der Waals surface area contributed by atoms with Crippen LogP contribution < -0.4 is 4.90 Å². The van der Waals surface area contributed by atoms with E-state index in [1.165, 1.54) is 32.1 Å². The standard InChI is InChI=1S/C16H23N3/c1-13(2)8-9-15-7-3-4-11-19(15)16-14(12-17)6-5-10-18-16/h5-6,10,13,15H,3-4,7-9,11H2,1-2H3. The van der Waals surface area contributed by atoms with E-state index < -0.39 is 0 Å². The molecule has 1 aliphatic rings. The number of pyridine rings is 1. The fourth-order valence-corrected chi connectivity index (χ4v) is 2.82. The van der Waals surface area contributed by atoms with E-state index in [9.17, 15) is 5.26 Å². The molecule has 0 aliphatic carbocycles. The van der Waals surface area contributed by atoms with E-state index in [2.05, 4.69) is 29.8 Å². The molecule has 0 spiro atoms. The third-order valence-electron chi connectivity index (χ3n) is 3.88. The molecule has 0 bridgehead atoms. The molecule has 1 aliphatic heterocycles. The highest BCUT2D eigenvalue weighted by molar-refractivity contribution is 5.54. The zero-order chi connectivity index (χ0) is 13.7. The van der Waals surface area contributed by atoms with Crippen molar-refractivity contribution in [3.63, 3.8) is 0 Å². The number of aromatic nitrogens is 1. The molecule has 2 rings (SSSR count). The number of nitriles is 1. The van der Waals surface area contributed by atoms with Crippen molar-refractivity contribution in [1.82, 2.24) is 4.98 Å². The predicted octanol–water partition coefficient (Wildman–Crippen LogP) is 3.75. The van der Waals surface area contributed by atoms with E-state index in [4.69, 9.17) is 0 Å². The Labute approximate surface area is 116 Å². The molecular formula is C16H23N3. The van der Waals surface area contributed by atoms with Crippen molar-refractivity contribution in [2.75, 3.05) is 11.4 Å². The van der Waals surface area contributed by atoms with Gasteiger partial charge in [-0.15, -0.1) is 0 Å². The minimum absolute atomic E-state index is 0.554. The Morgan fingerprint density at radius 1 is 1.47 bits per heavy atom. The van der Waals surface area contributed by atoms with Gasteiger partial charge < -0.3 is 4.90 Å². The van der Waals surface area contributed by atoms with E-state index in [0.29, 0.717) is 11.6 Å². The van der Waals surface area contributed by atoms with Crippen LogP contribution >= 0.6 is 0 Å². The van der Waals surface area contributed by atoms with Crippen molar-refractivity contribution in [2.45, 2.75) is 52.0 Å². The summed E-state index contributed by atoms with van der Waals surface area (Å²) in [4.78, 5) is 6.82. The van der Waals surface area contributed by atoms with Crippen LogP contribution in [0.1, 0.15) is 51.5 Å². The Bertz CT molecular complexity index is 448. The van der Waals surface area contributed by atoms with Gasteiger partial charge in [-0.2, -0.15) is 5.26 Å². The lowest BCUT2D eigenvalue weighted by molar-refractivity contribution is 0.401. The van der Waals surface area contributed by atoms with Crippen LogP contribution in [0.3, 0.4) is 0 Å². The molecule has 0 saturated carbocycles. The molecule has 1 aromatic heterocycles. The molecule has 0 radical (unpaired) electrons. The molecule has 19 heavy (non-hydrogen) atoms. The van der Waals surface area contributed by atoms with E-state index >= 15 is 0 Å². The second kappa shape index (κ2) is 6.56. The maximum absolute atomic E-state index is 9.24. The van der Waals surface area contributed by atoms with Crippen LogP contribution in [0.5, 0.6) is 0 Å². The van der Waals surface area contributed by atoms with Gasteiger partial charge in [-0.25, -0.2) is 4.98 Å². The van der Waals surface area contributed by atoms with Gasteiger partial charge in [0.2, 0.25) is 0 Å². The second-order valence-electron chi connectivity index (χ2n) is 5.80. The Morgan fingerprint density at radius 3 is 3.05 bits per heavy atom. The molecule has 0 aromatic carbocycles. The van der Waals surface area contributed by atoms with Crippen molar-refractivity contribution in [1.29, 1.82) is 5.26 Å². The van der Waals surface area contributed by atoms with Crippen LogP contribution in [0, 0.1) is 17.2 Å². The molecular weight excluding hydrogens is 234 g/mol. The molecule has 1 aromatic rings. The van der Waals surface area contributed by atoms with Gasteiger partial charge in [-0.05, 0) is 50.2 Å². The zero-order valence-corrected chi connectivity index (χ0v) is 12.0. The summed E-state index contributed by atoms with van der Waals surface area (Å²) in [5.41, 5.74) is 0.707. The van der Waals surface area contributed by atoms with Crippen LogP contribution in [0.4, 0.5) is 5.82 Å². The first-order chi connectivity index (χ1) is 9.22. The van der Waals surface area contributed by atoms with Gasteiger partial charge in [-0.3, -0.25) is 0 Å². The fourth-order valence-electron chi connectivity index (χ4n) is 2.82. The van der Waals surface area contributed by atoms with Crippen LogP contribution in [0.15, 0.2) is 18.3 Å². The Balaban J connectivity index is 2.17. The highest BCUT2D eigenvalue weighted by Crippen LogP contribution is 2.28. The van der Waals surface area contributed by atoms with Crippen LogP contribution in [0.2, 0.25) is 0 Å². The average Bonchev–Trinajstić information content (AvgIpc) is 2.45. The smallest absolute Gasteiger partial charge is 0.146 e. The maximum atomic E-state index is 9.24. The zero-order valence-electron chi connectivity index (χ0n) is 12.0. The normalized spacial score (nSPS) is 19.5. The molecule has 1 unspecified atom stereocenters. The monoisotopic (exact) mass is 257 g/mol. The number of piperidine rings is 1. The Morgan fingerprint density at radius 2 is 2.32 bits per heavy atom. The first-order valence-corrected chi connectivity index (χ1v) is 7.34. The summed E-state index contributed by atoms with van der Waals surface area (Å²) < 4.78 is 0. The first-order valence-electron chi connectivity index (χ1n) is 7.34. The SMILES string of the molecule is CC(C)CCC1CCCCN1c1ncccc1C#N. The van der Waals surface area contributed by atoms with Crippen molar-refractivity contribution >= 4 is 5.82 Å². The summed E-state index contributed by atoms with van der Waals surface area (Å²) in [6.07, 6.45) is 7.99. The molecule has 1 fully saturated rings. The molecule has 3 nitrogen and oxygen atoms in total. The fraction of sp³-hybridized carbons (Fsp3) is 0.625. The summed E-state index contributed by atoms with van der Waals surface area (Å²) in [5.74, 6) is 1.63. The van der Waals surface area contributed by atoms with Crippen LogP contribution in [-0.4, -0.2) is 17.6 Å². The van der Waals surface area contributed by atoms with Crippen LogP contribution in [0.25, 0.3) is 0 Å². The largest absolute Gasteiger partial charge is 0.353 e. The highest BCUT2D eigenvalue weighted by atomic mass is 15.2. The molecule has 3 heteroatoms. The number of rotatable bonds is 4. The summed E-state index contributed by atoms with van der Waals surface area (Å²) >= 11 is 0. The topological polar surface area (TPSA) is 39.9 Å². The third kappa shape index (κ3) is 3.47. The molecule has 1 saturated heterocycles. The molecule has 1 atom stereocenters. The van der Waals surface area contributed by atoms with E-state index in [0.717, 1.165) is 18.3 Å². The predicted molar refractivity (Wildman–Crippen MR) is 78.0 cm³/mol.